The number of hydrogen-bond donors (Lipinski definition) is 2. The van der Waals surface area contributed by atoms with Crippen molar-refractivity contribution in [3.05, 3.63) is 137 Å². The first-order chi connectivity index (χ1) is 22.0. The summed E-state index contributed by atoms with van der Waals surface area (Å²) in [6.45, 7) is 5.22. The van der Waals surface area contributed by atoms with Crippen LogP contribution in [0.4, 0.5) is 0 Å². The quantitative estimate of drug-likeness (QED) is 0.119. The zero-order valence-corrected chi connectivity index (χ0v) is 26.2. The third-order valence-electron chi connectivity index (χ3n) is 9.10. The SMILES string of the molecule is C=CC1c2ccc(O)cc2CCCC1c1ccc(O)cc1.COc1ccc2c(c1)CCCC(=O)C2CCOCc1ccccc1. The molecule has 3 unspecified atom stereocenters. The molecule has 4 aromatic rings. The second kappa shape index (κ2) is 15.6. The second-order valence-corrected chi connectivity index (χ2v) is 12.0. The molecule has 0 heterocycles. The molecule has 45 heavy (non-hydrogen) atoms. The number of fused-ring (bicyclic) bond motifs is 2. The smallest absolute Gasteiger partial charge is 0.140 e. The molecule has 5 heteroatoms. The van der Waals surface area contributed by atoms with Crippen LogP contribution in [0.15, 0.2) is 104 Å². The van der Waals surface area contributed by atoms with Crippen LogP contribution in [-0.2, 0) is 29.0 Å². The fourth-order valence-corrected chi connectivity index (χ4v) is 6.78. The van der Waals surface area contributed by atoms with Crippen molar-refractivity contribution < 1.29 is 24.5 Å². The first-order valence-corrected chi connectivity index (χ1v) is 16.0. The zero-order chi connectivity index (χ0) is 31.6. The number of allylic oxidation sites excluding steroid dienone is 1. The molecule has 0 spiro atoms. The number of ketones is 1. The van der Waals surface area contributed by atoms with Crippen molar-refractivity contribution in [1.29, 1.82) is 0 Å². The van der Waals surface area contributed by atoms with Crippen LogP contribution in [-0.4, -0.2) is 29.7 Å². The minimum atomic E-state index is -0.0517. The Labute approximate surface area is 267 Å². The van der Waals surface area contributed by atoms with Gasteiger partial charge < -0.3 is 19.7 Å². The fraction of sp³-hybridized carbons (Fsp3) is 0.325. The number of carbonyl (C=O) groups excluding carboxylic acids is 1. The molecule has 0 bridgehead atoms. The third-order valence-corrected chi connectivity index (χ3v) is 9.10. The number of carbonyl (C=O) groups is 1. The molecule has 2 aliphatic carbocycles. The predicted molar refractivity (Wildman–Crippen MR) is 179 cm³/mol. The standard InChI is InChI=1S/C21H24O3.C19H20O2/c1-23-18-10-11-19-17(14-18)8-5-9-21(22)20(19)12-13-24-15-16-6-3-2-4-7-16;1-2-17-18(13-6-8-15(20)9-7-13)5-3-4-14-12-16(21)10-11-19(14)17/h2-4,6-7,10-11,14,20H,5,8-9,12-13,15H2,1H3;2,6-12,17-18,20-21H,1,3-5H2. The Hall–Kier alpha value is -4.35. The minimum absolute atomic E-state index is 0.0517. The van der Waals surface area contributed by atoms with Gasteiger partial charge in [0.25, 0.3) is 0 Å². The average molecular weight is 605 g/mol. The summed E-state index contributed by atoms with van der Waals surface area (Å²) in [7, 11) is 1.68. The molecule has 234 valence electrons. The lowest BCUT2D eigenvalue weighted by Gasteiger charge is -2.24. The van der Waals surface area contributed by atoms with Crippen molar-refractivity contribution in [1.82, 2.24) is 0 Å². The Morgan fingerprint density at radius 2 is 1.53 bits per heavy atom. The van der Waals surface area contributed by atoms with Crippen LogP contribution in [0.25, 0.3) is 0 Å². The van der Waals surface area contributed by atoms with E-state index in [1.165, 1.54) is 22.3 Å². The van der Waals surface area contributed by atoms with Gasteiger partial charge in [0, 0.05) is 24.9 Å². The molecule has 0 radical (unpaired) electrons. The van der Waals surface area contributed by atoms with E-state index >= 15 is 0 Å². The third kappa shape index (κ3) is 8.23. The Morgan fingerprint density at radius 1 is 0.822 bits per heavy atom. The highest BCUT2D eigenvalue weighted by atomic mass is 16.5. The summed E-state index contributed by atoms with van der Waals surface area (Å²) in [6.07, 6.45) is 8.43. The van der Waals surface area contributed by atoms with E-state index in [4.69, 9.17) is 9.47 Å². The number of phenolic OH excluding ortho intramolecular Hbond substituents is 2. The molecule has 0 aromatic heterocycles. The van der Waals surface area contributed by atoms with E-state index in [1.54, 1.807) is 25.3 Å². The molecule has 0 fully saturated rings. The van der Waals surface area contributed by atoms with E-state index in [0.717, 1.165) is 55.4 Å². The van der Waals surface area contributed by atoms with Crippen LogP contribution >= 0.6 is 0 Å². The topological polar surface area (TPSA) is 76.0 Å². The number of hydrogen-bond acceptors (Lipinski definition) is 5. The first-order valence-electron chi connectivity index (χ1n) is 16.0. The van der Waals surface area contributed by atoms with Gasteiger partial charge in [-0.3, -0.25) is 4.79 Å². The van der Waals surface area contributed by atoms with Crippen LogP contribution < -0.4 is 4.74 Å². The van der Waals surface area contributed by atoms with Crippen LogP contribution in [0.2, 0.25) is 0 Å². The summed E-state index contributed by atoms with van der Waals surface area (Å²) in [6, 6.07) is 29.4. The lowest BCUT2D eigenvalue weighted by atomic mass is 9.80. The van der Waals surface area contributed by atoms with Gasteiger partial charge in [0.05, 0.1) is 13.7 Å². The lowest BCUT2D eigenvalue weighted by molar-refractivity contribution is -0.120. The van der Waals surface area contributed by atoms with E-state index in [1.807, 2.05) is 54.6 Å². The van der Waals surface area contributed by atoms with Gasteiger partial charge in [-0.05, 0) is 114 Å². The number of methoxy groups -OCH3 is 1. The van der Waals surface area contributed by atoms with Crippen molar-refractivity contribution in [2.24, 2.45) is 0 Å². The number of ether oxygens (including phenoxy) is 2. The number of phenols is 2. The number of aromatic hydroxyl groups is 2. The molecule has 0 aliphatic heterocycles. The minimum Gasteiger partial charge on any atom is -0.508 e. The Kier molecular flexibility index (Phi) is 11.1. The van der Waals surface area contributed by atoms with Crippen LogP contribution in [0, 0.1) is 0 Å². The van der Waals surface area contributed by atoms with Crippen LogP contribution in [0.1, 0.15) is 83.2 Å². The first kappa shape index (κ1) is 32.1. The van der Waals surface area contributed by atoms with Gasteiger partial charge >= 0.3 is 0 Å². The molecule has 6 rings (SSSR count). The van der Waals surface area contributed by atoms with E-state index < -0.39 is 0 Å². The highest BCUT2D eigenvalue weighted by Crippen LogP contribution is 2.43. The number of benzene rings is 4. The molecule has 2 N–H and O–H groups in total. The second-order valence-electron chi connectivity index (χ2n) is 12.0. The highest BCUT2D eigenvalue weighted by molar-refractivity contribution is 5.86. The fourth-order valence-electron chi connectivity index (χ4n) is 6.78. The van der Waals surface area contributed by atoms with Gasteiger partial charge in [-0.15, -0.1) is 6.58 Å². The van der Waals surface area contributed by atoms with Gasteiger partial charge in [-0.25, -0.2) is 0 Å². The summed E-state index contributed by atoms with van der Waals surface area (Å²) in [5, 5.41) is 19.2. The number of aryl methyl sites for hydroxylation is 2. The number of Topliss-reactive ketones (excluding diaryl/α,β-unsaturated/α-hetero) is 1. The molecule has 0 saturated heterocycles. The van der Waals surface area contributed by atoms with Crippen molar-refractivity contribution in [3.63, 3.8) is 0 Å². The number of rotatable bonds is 8. The maximum atomic E-state index is 12.5. The van der Waals surface area contributed by atoms with Crippen LogP contribution in [0.5, 0.6) is 17.2 Å². The Morgan fingerprint density at radius 3 is 2.29 bits per heavy atom. The highest BCUT2D eigenvalue weighted by Gasteiger charge is 2.28. The molecule has 3 atom stereocenters. The summed E-state index contributed by atoms with van der Waals surface area (Å²) in [5.41, 5.74) is 7.28. The molecule has 0 amide bonds. The summed E-state index contributed by atoms with van der Waals surface area (Å²) >= 11 is 0. The summed E-state index contributed by atoms with van der Waals surface area (Å²) in [5.74, 6) is 2.39. The van der Waals surface area contributed by atoms with E-state index in [0.29, 0.717) is 42.8 Å². The van der Waals surface area contributed by atoms with Crippen molar-refractivity contribution in [2.45, 2.75) is 69.3 Å². The molecular formula is C40H44O5. The van der Waals surface area contributed by atoms with Gasteiger partial charge in [-0.1, -0.05) is 60.7 Å². The van der Waals surface area contributed by atoms with E-state index in [-0.39, 0.29) is 11.8 Å². The van der Waals surface area contributed by atoms with Gasteiger partial charge in [0.15, 0.2) is 0 Å². The Bertz CT molecular complexity index is 1560. The summed E-state index contributed by atoms with van der Waals surface area (Å²) in [4.78, 5) is 12.5. The predicted octanol–water partition coefficient (Wildman–Crippen LogP) is 8.78. The van der Waals surface area contributed by atoms with E-state index in [9.17, 15) is 15.0 Å². The van der Waals surface area contributed by atoms with Gasteiger partial charge in [0.1, 0.15) is 23.0 Å². The molecule has 5 nitrogen and oxygen atoms in total. The van der Waals surface area contributed by atoms with Crippen molar-refractivity contribution in [2.75, 3.05) is 13.7 Å². The van der Waals surface area contributed by atoms with Crippen LogP contribution in [0.3, 0.4) is 0 Å². The van der Waals surface area contributed by atoms with E-state index in [2.05, 4.69) is 30.8 Å². The molecule has 0 saturated carbocycles. The normalized spacial score (nSPS) is 19.1. The molecule has 2 aliphatic rings. The van der Waals surface area contributed by atoms with Gasteiger partial charge in [-0.2, -0.15) is 0 Å². The maximum absolute atomic E-state index is 12.5. The van der Waals surface area contributed by atoms with Gasteiger partial charge in [0.2, 0.25) is 0 Å². The summed E-state index contributed by atoms with van der Waals surface area (Å²) < 4.78 is 11.1. The van der Waals surface area contributed by atoms with Crippen molar-refractivity contribution in [3.8, 4) is 17.2 Å². The lowest BCUT2D eigenvalue weighted by Crippen LogP contribution is -2.14. The maximum Gasteiger partial charge on any atom is 0.140 e. The largest absolute Gasteiger partial charge is 0.508 e. The van der Waals surface area contributed by atoms with Crippen molar-refractivity contribution >= 4 is 5.78 Å². The molecule has 4 aromatic carbocycles. The average Bonchev–Trinajstić information content (AvgIpc) is 3.34. The zero-order valence-electron chi connectivity index (χ0n) is 26.2. The Balaban J connectivity index is 0.000000179. The monoisotopic (exact) mass is 604 g/mol. The molecular weight excluding hydrogens is 560 g/mol.